The molecule has 0 radical (unpaired) electrons. The number of aliphatic carboxylic acids is 1. The molecule has 0 spiro atoms. The topological polar surface area (TPSA) is 131 Å². The van der Waals surface area contributed by atoms with E-state index in [2.05, 4.69) is 15.5 Å². The largest absolute Gasteiger partial charge is 0.484 e. The number of aromatic amines is 1. The Morgan fingerprint density at radius 2 is 1.96 bits per heavy atom. The summed E-state index contributed by atoms with van der Waals surface area (Å²) in [7, 11) is 0. The van der Waals surface area contributed by atoms with Gasteiger partial charge >= 0.3 is 5.97 Å². The zero-order valence-corrected chi connectivity index (χ0v) is 15.0. The van der Waals surface area contributed by atoms with Crippen molar-refractivity contribution in [2.75, 3.05) is 13.2 Å². The molecule has 0 saturated carbocycles. The smallest absolute Gasteiger partial charge is 0.326 e. The van der Waals surface area contributed by atoms with E-state index in [0.717, 1.165) is 0 Å². The zero-order chi connectivity index (χ0) is 19.8. The van der Waals surface area contributed by atoms with E-state index in [-0.39, 0.29) is 18.1 Å². The second kappa shape index (κ2) is 9.37. The van der Waals surface area contributed by atoms with Crippen molar-refractivity contribution < 1.29 is 24.2 Å². The monoisotopic (exact) mass is 375 g/mol. The van der Waals surface area contributed by atoms with E-state index in [1.807, 2.05) is 13.8 Å². The highest BCUT2D eigenvalue weighted by Gasteiger charge is 2.22. The summed E-state index contributed by atoms with van der Waals surface area (Å²) < 4.78 is 10.9. The molecule has 144 valence electrons. The summed E-state index contributed by atoms with van der Waals surface area (Å²) in [6.07, 6.45) is 0.478. The molecular formula is C18H21N3O6. The average molecular weight is 375 g/mol. The average Bonchev–Trinajstić information content (AvgIpc) is 2.70. The number of hydrogen-bond acceptors (Lipinski definition) is 6. The van der Waals surface area contributed by atoms with E-state index >= 15 is 0 Å². The van der Waals surface area contributed by atoms with E-state index in [1.165, 1.54) is 0 Å². The lowest BCUT2D eigenvalue weighted by Crippen LogP contribution is -2.37. The molecule has 9 nitrogen and oxygen atoms in total. The minimum absolute atomic E-state index is 0.124. The third-order valence-electron chi connectivity index (χ3n) is 3.73. The van der Waals surface area contributed by atoms with E-state index in [1.54, 1.807) is 24.3 Å². The Morgan fingerprint density at radius 3 is 2.59 bits per heavy atom. The summed E-state index contributed by atoms with van der Waals surface area (Å²) in [6.45, 7) is 4.67. The Morgan fingerprint density at radius 1 is 1.30 bits per heavy atom. The van der Waals surface area contributed by atoms with Crippen molar-refractivity contribution >= 4 is 12.4 Å². The van der Waals surface area contributed by atoms with Crippen LogP contribution in [0.2, 0.25) is 0 Å². The maximum atomic E-state index is 12.1. The predicted molar refractivity (Wildman–Crippen MR) is 97.0 cm³/mol. The van der Waals surface area contributed by atoms with Gasteiger partial charge in [-0.2, -0.15) is 0 Å². The van der Waals surface area contributed by atoms with Crippen LogP contribution in [-0.4, -0.2) is 46.9 Å². The minimum atomic E-state index is -1.12. The van der Waals surface area contributed by atoms with Crippen molar-refractivity contribution in [2.24, 2.45) is 0 Å². The van der Waals surface area contributed by atoms with Gasteiger partial charge in [-0.15, -0.1) is 5.10 Å². The lowest BCUT2D eigenvalue weighted by molar-refractivity contribution is -0.140. The molecule has 1 aliphatic rings. The number of nitrogens with zero attached hydrogens (tertiary/aromatic N) is 1. The fourth-order valence-electron chi connectivity index (χ4n) is 2.54. The number of amides is 1. The molecule has 1 aliphatic heterocycles. The standard InChI is InChI=1S/C16H15N3O6.C2H6/c20-8-17-11(16(22)23)7-9-1-3-10(4-2-9)12-13-15(19-18-14(12)21)25-6-5-24-13;1-2/h1-4,8,11H,5-7H2,(H,17,20)(H,18,21)(H,22,23);1-2H3/t11-;/m0./s1. The first-order valence-corrected chi connectivity index (χ1v) is 8.50. The molecule has 3 rings (SSSR count). The van der Waals surface area contributed by atoms with Crippen LogP contribution in [0.15, 0.2) is 29.1 Å². The van der Waals surface area contributed by atoms with Crippen molar-refractivity contribution in [3.05, 3.63) is 40.2 Å². The van der Waals surface area contributed by atoms with Crippen molar-refractivity contribution in [2.45, 2.75) is 26.3 Å². The van der Waals surface area contributed by atoms with Crippen molar-refractivity contribution in [1.82, 2.24) is 15.5 Å². The van der Waals surface area contributed by atoms with Crippen LogP contribution in [-0.2, 0) is 16.0 Å². The summed E-state index contributed by atoms with van der Waals surface area (Å²) in [5.41, 5.74) is 1.17. The van der Waals surface area contributed by atoms with Crippen LogP contribution in [0.25, 0.3) is 11.1 Å². The second-order valence-electron chi connectivity index (χ2n) is 5.34. The second-order valence-corrected chi connectivity index (χ2v) is 5.34. The molecule has 3 N–H and O–H groups in total. The molecule has 0 bridgehead atoms. The van der Waals surface area contributed by atoms with E-state index in [4.69, 9.17) is 14.6 Å². The number of nitrogens with one attached hydrogen (secondary N) is 2. The number of rotatable bonds is 6. The fraction of sp³-hybridized carbons (Fsp3) is 0.333. The van der Waals surface area contributed by atoms with Gasteiger partial charge in [0.05, 0.1) is 5.56 Å². The summed E-state index contributed by atoms with van der Waals surface area (Å²) in [4.78, 5) is 33.7. The highest BCUT2D eigenvalue weighted by Crippen LogP contribution is 2.35. The van der Waals surface area contributed by atoms with Gasteiger partial charge in [0.15, 0.2) is 5.75 Å². The van der Waals surface area contributed by atoms with Crippen LogP contribution in [0.3, 0.4) is 0 Å². The van der Waals surface area contributed by atoms with Crippen LogP contribution in [0.1, 0.15) is 19.4 Å². The number of carbonyl (C=O) groups is 2. The first kappa shape index (κ1) is 20.0. The zero-order valence-electron chi connectivity index (χ0n) is 15.0. The van der Waals surface area contributed by atoms with Crippen LogP contribution >= 0.6 is 0 Å². The maximum Gasteiger partial charge on any atom is 0.326 e. The SMILES string of the molecule is CC.O=CN[C@@H](Cc1ccc(-c2c3c(n[nH]c2=O)OCCO3)cc1)C(=O)O. The van der Waals surface area contributed by atoms with Gasteiger partial charge in [-0.05, 0) is 11.1 Å². The highest BCUT2D eigenvalue weighted by molar-refractivity contribution is 5.77. The molecule has 0 saturated heterocycles. The molecule has 2 heterocycles. The molecule has 1 amide bonds. The van der Waals surface area contributed by atoms with E-state index in [0.29, 0.717) is 36.3 Å². The summed E-state index contributed by atoms with van der Waals surface area (Å²) in [5.74, 6) is -0.610. The van der Waals surface area contributed by atoms with E-state index < -0.39 is 17.6 Å². The quantitative estimate of drug-likeness (QED) is 0.641. The fourth-order valence-corrected chi connectivity index (χ4v) is 2.54. The third kappa shape index (κ3) is 4.63. The Hall–Kier alpha value is -3.36. The summed E-state index contributed by atoms with van der Waals surface area (Å²) in [6, 6.07) is 5.72. The predicted octanol–water partition coefficient (Wildman–Crippen LogP) is 0.976. The van der Waals surface area contributed by atoms with Crippen molar-refractivity contribution in [1.29, 1.82) is 0 Å². The van der Waals surface area contributed by atoms with Gasteiger partial charge in [-0.3, -0.25) is 9.59 Å². The molecule has 1 atom stereocenters. The van der Waals surface area contributed by atoms with Crippen LogP contribution in [0, 0.1) is 0 Å². The van der Waals surface area contributed by atoms with Gasteiger partial charge in [-0.1, -0.05) is 38.1 Å². The number of H-pyrrole nitrogens is 1. The van der Waals surface area contributed by atoms with Crippen molar-refractivity contribution in [3.63, 3.8) is 0 Å². The maximum absolute atomic E-state index is 12.1. The molecule has 9 heteroatoms. The lowest BCUT2D eigenvalue weighted by atomic mass is 10.0. The Bertz CT molecular complexity index is 847. The lowest BCUT2D eigenvalue weighted by Gasteiger charge is -2.19. The summed E-state index contributed by atoms with van der Waals surface area (Å²) in [5, 5.41) is 17.5. The Balaban J connectivity index is 0.00000126. The molecule has 0 fully saturated rings. The number of carboxylic acid groups (broad SMARTS) is 1. The minimum Gasteiger partial charge on any atom is -0.484 e. The Kier molecular flexibility index (Phi) is 6.93. The van der Waals surface area contributed by atoms with Gasteiger partial charge in [-0.25, -0.2) is 9.89 Å². The van der Waals surface area contributed by atoms with E-state index in [9.17, 15) is 14.4 Å². The number of ether oxygens (including phenoxy) is 2. The van der Waals surface area contributed by atoms with Gasteiger partial charge < -0.3 is 19.9 Å². The first-order valence-electron chi connectivity index (χ1n) is 8.50. The number of carbonyl (C=O) groups excluding carboxylic acids is 1. The number of benzene rings is 1. The molecule has 0 unspecified atom stereocenters. The number of fused-ring (bicyclic) bond motifs is 1. The third-order valence-corrected chi connectivity index (χ3v) is 3.73. The number of hydrogen-bond donors (Lipinski definition) is 3. The number of carboxylic acids is 1. The molecule has 0 aliphatic carbocycles. The van der Waals surface area contributed by atoms with Crippen LogP contribution in [0.4, 0.5) is 0 Å². The normalized spacial score (nSPS) is 13.0. The van der Waals surface area contributed by atoms with Gasteiger partial charge in [0.2, 0.25) is 6.41 Å². The molecular weight excluding hydrogens is 354 g/mol. The molecule has 2 aromatic rings. The van der Waals surface area contributed by atoms with Gasteiger partial charge in [0, 0.05) is 6.42 Å². The highest BCUT2D eigenvalue weighted by atomic mass is 16.6. The summed E-state index contributed by atoms with van der Waals surface area (Å²) >= 11 is 0. The molecule has 1 aromatic carbocycles. The number of aromatic nitrogens is 2. The molecule has 1 aromatic heterocycles. The van der Waals surface area contributed by atoms with Gasteiger partial charge in [0.25, 0.3) is 11.4 Å². The van der Waals surface area contributed by atoms with Crippen molar-refractivity contribution in [3.8, 4) is 22.8 Å². The van der Waals surface area contributed by atoms with Crippen LogP contribution < -0.4 is 20.3 Å². The van der Waals surface area contributed by atoms with Gasteiger partial charge in [0.1, 0.15) is 19.3 Å². The Labute approximate surface area is 155 Å². The first-order chi connectivity index (χ1) is 13.1. The molecule has 27 heavy (non-hydrogen) atoms. The van der Waals surface area contributed by atoms with Crippen LogP contribution in [0.5, 0.6) is 11.6 Å².